The number of hydrogen-bond donors (Lipinski definition) is 1. The maximum atomic E-state index is 12.5. The number of aromatic amines is 1. The van der Waals surface area contributed by atoms with Crippen LogP contribution in [-0.4, -0.2) is 23.5 Å². The lowest BCUT2D eigenvalue weighted by Gasteiger charge is -2.12. The van der Waals surface area contributed by atoms with E-state index in [1.165, 1.54) is 0 Å². The van der Waals surface area contributed by atoms with Crippen LogP contribution in [0, 0.1) is 5.92 Å². The lowest BCUT2D eigenvalue weighted by Crippen LogP contribution is -2.24. The largest absolute Gasteiger partial charge is 0.370 e. The summed E-state index contributed by atoms with van der Waals surface area (Å²) in [7, 11) is 0. The summed E-state index contributed by atoms with van der Waals surface area (Å²) in [6.45, 7) is 2.72. The molecule has 1 aromatic carbocycles. The van der Waals surface area contributed by atoms with Gasteiger partial charge < -0.3 is 9.72 Å². The first-order chi connectivity index (χ1) is 8.68. The minimum atomic E-state index is -0.317. The molecule has 1 aromatic heterocycles. The van der Waals surface area contributed by atoms with Crippen LogP contribution in [-0.2, 0) is 4.74 Å². The predicted octanol–water partition coefficient (Wildman–Crippen LogP) is 3.43. The number of nitrogens with one attached hydrogen (secondary N) is 1. The summed E-state index contributed by atoms with van der Waals surface area (Å²) < 4.78 is 5.53. The smallest absolute Gasteiger partial charge is 0.193 e. The zero-order chi connectivity index (χ0) is 12.7. The van der Waals surface area contributed by atoms with Gasteiger partial charge in [0.25, 0.3) is 0 Å². The van der Waals surface area contributed by atoms with Crippen molar-refractivity contribution in [2.24, 2.45) is 5.92 Å². The van der Waals surface area contributed by atoms with E-state index in [1.807, 2.05) is 18.2 Å². The van der Waals surface area contributed by atoms with E-state index in [0.29, 0.717) is 17.2 Å². The van der Waals surface area contributed by atoms with Gasteiger partial charge in [-0.15, -0.1) is 0 Å². The molecule has 4 heteroatoms. The molecular weight excluding hydrogens is 250 g/mol. The van der Waals surface area contributed by atoms with Crippen LogP contribution in [0.4, 0.5) is 0 Å². The first-order valence-corrected chi connectivity index (χ1v) is 6.47. The van der Waals surface area contributed by atoms with Gasteiger partial charge in [0, 0.05) is 23.8 Å². The molecule has 94 valence electrons. The highest BCUT2D eigenvalue weighted by atomic mass is 35.5. The fraction of sp³-hybridized carbons (Fsp3) is 0.357. The number of ether oxygens (including phenoxy) is 1. The Labute approximate surface area is 110 Å². The maximum Gasteiger partial charge on any atom is 0.193 e. The molecule has 1 saturated heterocycles. The van der Waals surface area contributed by atoms with Gasteiger partial charge in [-0.1, -0.05) is 30.7 Å². The molecule has 0 spiro atoms. The summed E-state index contributed by atoms with van der Waals surface area (Å²) in [6, 6.07) is 5.57. The number of carbonyl (C=O) groups is 1. The van der Waals surface area contributed by atoms with Crippen molar-refractivity contribution in [3.8, 4) is 0 Å². The van der Waals surface area contributed by atoms with Crippen LogP contribution in [0.3, 0.4) is 0 Å². The zero-order valence-electron chi connectivity index (χ0n) is 10.1. The SMILES string of the molecule is CC1CCOC1C(=O)c1c[nH]c2c(Cl)cccc12. The van der Waals surface area contributed by atoms with Crippen LogP contribution in [0.5, 0.6) is 0 Å². The molecule has 0 radical (unpaired) electrons. The number of fused-ring (bicyclic) bond motifs is 1. The lowest BCUT2D eigenvalue weighted by atomic mass is 9.96. The molecule has 1 aliphatic heterocycles. The molecule has 0 amide bonds. The van der Waals surface area contributed by atoms with Gasteiger partial charge in [-0.25, -0.2) is 0 Å². The molecule has 0 saturated carbocycles. The highest BCUT2D eigenvalue weighted by molar-refractivity contribution is 6.35. The van der Waals surface area contributed by atoms with Crippen LogP contribution < -0.4 is 0 Å². The molecule has 1 fully saturated rings. The topological polar surface area (TPSA) is 42.1 Å². The zero-order valence-corrected chi connectivity index (χ0v) is 10.8. The molecule has 1 N–H and O–H groups in total. The maximum absolute atomic E-state index is 12.5. The second-order valence-corrected chi connectivity index (χ2v) is 5.19. The van der Waals surface area contributed by atoms with Gasteiger partial charge in [0.1, 0.15) is 6.10 Å². The molecular formula is C14H14ClNO2. The van der Waals surface area contributed by atoms with E-state index in [9.17, 15) is 4.79 Å². The van der Waals surface area contributed by atoms with Crippen molar-refractivity contribution in [3.05, 3.63) is 35.0 Å². The van der Waals surface area contributed by atoms with Crippen LogP contribution in [0.1, 0.15) is 23.7 Å². The number of halogens is 1. The Bertz CT molecular complexity index is 605. The van der Waals surface area contributed by atoms with Crippen molar-refractivity contribution in [1.29, 1.82) is 0 Å². The van der Waals surface area contributed by atoms with Gasteiger partial charge >= 0.3 is 0 Å². The number of carbonyl (C=O) groups excluding carboxylic acids is 1. The van der Waals surface area contributed by atoms with E-state index in [-0.39, 0.29) is 17.8 Å². The van der Waals surface area contributed by atoms with Gasteiger partial charge in [-0.3, -0.25) is 4.79 Å². The summed E-state index contributed by atoms with van der Waals surface area (Å²) in [5.41, 5.74) is 1.49. The molecule has 1 aliphatic rings. The van der Waals surface area contributed by atoms with Gasteiger partial charge in [0.05, 0.1) is 10.5 Å². The Kier molecular flexibility index (Phi) is 2.88. The minimum absolute atomic E-state index is 0.0496. The van der Waals surface area contributed by atoms with E-state index in [4.69, 9.17) is 16.3 Å². The highest BCUT2D eigenvalue weighted by Crippen LogP contribution is 2.29. The molecule has 0 aliphatic carbocycles. The number of rotatable bonds is 2. The molecule has 18 heavy (non-hydrogen) atoms. The second kappa shape index (κ2) is 4.41. The van der Waals surface area contributed by atoms with Crippen LogP contribution in [0.15, 0.2) is 24.4 Å². The number of Topliss-reactive ketones (excluding diaryl/α,β-unsaturated/α-hetero) is 1. The molecule has 0 bridgehead atoms. The average Bonchev–Trinajstić information content (AvgIpc) is 2.95. The van der Waals surface area contributed by atoms with Crippen molar-refractivity contribution in [2.45, 2.75) is 19.4 Å². The van der Waals surface area contributed by atoms with Crippen molar-refractivity contribution >= 4 is 28.3 Å². The van der Waals surface area contributed by atoms with E-state index < -0.39 is 0 Å². The number of H-pyrrole nitrogens is 1. The average molecular weight is 264 g/mol. The standard InChI is InChI=1S/C14H14ClNO2/c1-8-5-6-18-14(8)13(17)10-7-16-12-9(10)3-2-4-11(12)15/h2-4,7-8,14,16H,5-6H2,1H3. The number of aromatic nitrogens is 1. The van der Waals surface area contributed by atoms with Crippen LogP contribution in [0.2, 0.25) is 5.02 Å². The van der Waals surface area contributed by atoms with Crippen LogP contribution >= 0.6 is 11.6 Å². The van der Waals surface area contributed by atoms with Crippen molar-refractivity contribution in [1.82, 2.24) is 4.98 Å². The Morgan fingerprint density at radius 2 is 2.33 bits per heavy atom. The Morgan fingerprint density at radius 1 is 1.50 bits per heavy atom. The first-order valence-electron chi connectivity index (χ1n) is 6.10. The van der Waals surface area contributed by atoms with Gasteiger partial charge in [0.15, 0.2) is 5.78 Å². The number of ketones is 1. The van der Waals surface area contributed by atoms with Crippen LogP contribution in [0.25, 0.3) is 10.9 Å². The normalized spacial score (nSPS) is 23.7. The Balaban J connectivity index is 2.04. The summed E-state index contributed by atoms with van der Waals surface area (Å²) in [5, 5.41) is 1.50. The number of benzene rings is 1. The fourth-order valence-electron chi connectivity index (χ4n) is 2.51. The molecule has 3 nitrogen and oxygen atoms in total. The van der Waals surface area contributed by atoms with E-state index in [2.05, 4.69) is 11.9 Å². The summed E-state index contributed by atoms with van der Waals surface area (Å²) in [4.78, 5) is 15.5. The van der Waals surface area contributed by atoms with Gasteiger partial charge in [-0.2, -0.15) is 0 Å². The summed E-state index contributed by atoms with van der Waals surface area (Å²) in [6.07, 6.45) is 2.36. The Hall–Kier alpha value is -1.32. The first kappa shape index (κ1) is 11.8. The summed E-state index contributed by atoms with van der Waals surface area (Å²) in [5.74, 6) is 0.329. The van der Waals surface area contributed by atoms with E-state index >= 15 is 0 Å². The predicted molar refractivity (Wildman–Crippen MR) is 71.2 cm³/mol. The minimum Gasteiger partial charge on any atom is -0.370 e. The number of hydrogen-bond acceptors (Lipinski definition) is 2. The molecule has 2 unspecified atom stereocenters. The van der Waals surface area contributed by atoms with Crippen molar-refractivity contribution in [3.63, 3.8) is 0 Å². The molecule has 3 rings (SSSR count). The van der Waals surface area contributed by atoms with Crippen molar-refractivity contribution < 1.29 is 9.53 Å². The lowest BCUT2D eigenvalue weighted by molar-refractivity contribution is 0.0581. The third-order valence-corrected chi connectivity index (χ3v) is 3.89. The van der Waals surface area contributed by atoms with E-state index in [0.717, 1.165) is 17.3 Å². The summed E-state index contributed by atoms with van der Waals surface area (Å²) >= 11 is 6.09. The third kappa shape index (κ3) is 1.74. The van der Waals surface area contributed by atoms with Gasteiger partial charge in [0.2, 0.25) is 0 Å². The third-order valence-electron chi connectivity index (χ3n) is 3.58. The number of para-hydroxylation sites is 1. The molecule has 2 heterocycles. The quantitative estimate of drug-likeness (QED) is 0.844. The van der Waals surface area contributed by atoms with E-state index in [1.54, 1.807) is 6.20 Å². The highest BCUT2D eigenvalue weighted by Gasteiger charge is 2.32. The second-order valence-electron chi connectivity index (χ2n) is 4.79. The molecule has 2 aromatic rings. The monoisotopic (exact) mass is 263 g/mol. The van der Waals surface area contributed by atoms with Crippen molar-refractivity contribution in [2.75, 3.05) is 6.61 Å². The van der Waals surface area contributed by atoms with Gasteiger partial charge in [-0.05, 0) is 18.4 Å². The molecule has 2 atom stereocenters. The Morgan fingerprint density at radius 3 is 3.06 bits per heavy atom. The fourth-order valence-corrected chi connectivity index (χ4v) is 2.73.